The number of non-ortho nitro benzene ring substituents is 1. The molecule has 0 aliphatic carbocycles. The van der Waals surface area contributed by atoms with Crippen LogP contribution in [0, 0.1) is 39.2 Å². The number of halogens is 5. The second-order valence-corrected chi connectivity index (χ2v) is 5.66. The maximum absolute atomic E-state index is 13.6. The van der Waals surface area contributed by atoms with Crippen molar-refractivity contribution in [3.8, 4) is 17.1 Å². The number of furan rings is 1. The van der Waals surface area contributed by atoms with E-state index in [1.54, 1.807) is 5.43 Å². The highest BCUT2D eigenvalue weighted by molar-refractivity contribution is 5.79. The van der Waals surface area contributed by atoms with Gasteiger partial charge in [0.05, 0.1) is 29.9 Å². The summed E-state index contributed by atoms with van der Waals surface area (Å²) in [6, 6.07) is 6.67. The minimum atomic E-state index is -2.28. The molecule has 156 valence electrons. The Morgan fingerprint density at radius 2 is 1.67 bits per heavy atom. The van der Waals surface area contributed by atoms with E-state index in [0.29, 0.717) is 5.56 Å². The molecule has 0 radical (unpaired) electrons. The van der Waals surface area contributed by atoms with E-state index in [1.807, 2.05) is 0 Å². The number of anilines is 1. The normalized spacial score (nSPS) is 11.1. The molecule has 3 rings (SSSR count). The number of nitrogens with one attached hydrogen (secondary N) is 1. The van der Waals surface area contributed by atoms with Crippen molar-refractivity contribution in [1.29, 1.82) is 0 Å². The van der Waals surface area contributed by atoms with Gasteiger partial charge in [0.25, 0.3) is 5.69 Å². The number of nitro benzene ring substituents is 1. The smallest absolute Gasteiger partial charge is 0.273 e. The molecular formula is C18H10F5N3O4. The van der Waals surface area contributed by atoms with Gasteiger partial charge >= 0.3 is 0 Å². The largest absolute Gasteiger partial charge is 0.496 e. The number of benzene rings is 2. The molecule has 3 aromatic rings. The molecule has 7 nitrogen and oxygen atoms in total. The van der Waals surface area contributed by atoms with Gasteiger partial charge in [-0.1, -0.05) is 0 Å². The van der Waals surface area contributed by atoms with Gasteiger partial charge in [-0.3, -0.25) is 15.5 Å². The van der Waals surface area contributed by atoms with Crippen molar-refractivity contribution in [2.24, 2.45) is 5.10 Å². The molecule has 30 heavy (non-hydrogen) atoms. The van der Waals surface area contributed by atoms with Crippen LogP contribution in [-0.2, 0) is 0 Å². The molecule has 0 saturated heterocycles. The lowest BCUT2D eigenvalue weighted by Gasteiger charge is -2.06. The minimum absolute atomic E-state index is 0.0433. The van der Waals surface area contributed by atoms with Crippen LogP contribution in [0.1, 0.15) is 5.76 Å². The monoisotopic (exact) mass is 427 g/mol. The summed E-state index contributed by atoms with van der Waals surface area (Å²) in [5.41, 5.74) is 0.589. The number of ether oxygens (including phenoxy) is 1. The number of hydrazone groups is 1. The maximum Gasteiger partial charge on any atom is 0.273 e. The quantitative estimate of drug-likeness (QED) is 0.149. The highest BCUT2D eigenvalue weighted by Gasteiger charge is 2.25. The second kappa shape index (κ2) is 8.19. The first kappa shape index (κ1) is 20.8. The van der Waals surface area contributed by atoms with E-state index in [0.717, 1.165) is 6.21 Å². The van der Waals surface area contributed by atoms with E-state index >= 15 is 0 Å². The van der Waals surface area contributed by atoms with Crippen molar-refractivity contribution in [3.63, 3.8) is 0 Å². The molecule has 0 bridgehead atoms. The van der Waals surface area contributed by atoms with Crippen molar-refractivity contribution >= 4 is 17.6 Å². The van der Waals surface area contributed by atoms with Crippen molar-refractivity contribution in [2.45, 2.75) is 0 Å². The Balaban J connectivity index is 1.84. The third kappa shape index (κ3) is 3.79. The predicted octanol–water partition coefficient (Wildman–Crippen LogP) is 5.00. The fraction of sp³-hybridized carbons (Fsp3) is 0.0556. The molecule has 0 saturated carbocycles. The Kier molecular flexibility index (Phi) is 5.67. The first-order chi connectivity index (χ1) is 14.2. The molecule has 0 aliphatic rings. The number of methoxy groups -OCH3 is 1. The molecule has 1 N–H and O–H groups in total. The zero-order valence-electron chi connectivity index (χ0n) is 14.9. The molecule has 12 heteroatoms. The van der Waals surface area contributed by atoms with E-state index < -0.39 is 39.7 Å². The van der Waals surface area contributed by atoms with Gasteiger partial charge in [-0.2, -0.15) is 5.10 Å². The van der Waals surface area contributed by atoms with E-state index in [-0.39, 0.29) is 23.0 Å². The predicted molar refractivity (Wildman–Crippen MR) is 94.8 cm³/mol. The van der Waals surface area contributed by atoms with Crippen LogP contribution in [0.4, 0.5) is 33.3 Å². The molecule has 0 atom stereocenters. The van der Waals surface area contributed by atoms with Crippen molar-refractivity contribution in [2.75, 3.05) is 12.5 Å². The summed E-state index contributed by atoms with van der Waals surface area (Å²) in [7, 11) is 1.31. The first-order valence-electron chi connectivity index (χ1n) is 7.97. The average molecular weight is 427 g/mol. The highest BCUT2D eigenvalue weighted by atomic mass is 19.2. The van der Waals surface area contributed by atoms with Gasteiger partial charge in [-0.25, -0.2) is 22.0 Å². The SMILES string of the molecule is COc1cc([N+](=O)[O-])ccc1-c1ccc(/C=N/Nc2c(F)c(F)c(F)c(F)c2F)o1. The van der Waals surface area contributed by atoms with Gasteiger partial charge in [0.2, 0.25) is 5.82 Å². The molecule has 0 aliphatic heterocycles. The van der Waals surface area contributed by atoms with Crippen LogP contribution in [0.2, 0.25) is 0 Å². The molecule has 1 aromatic heterocycles. The molecule has 0 spiro atoms. The van der Waals surface area contributed by atoms with Crippen LogP contribution >= 0.6 is 0 Å². The molecular weight excluding hydrogens is 417 g/mol. The second-order valence-electron chi connectivity index (χ2n) is 5.66. The lowest BCUT2D eigenvalue weighted by atomic mass is 10.1. The molecule has 0 amide bonds. The summed E-state index contributed by atoms with van der Waals surface area (Å²) in [4.78, 5) is 10.2. The Hall–Kier alpha value is -3.96. The molecule has 0 fully saturated rings. The topological polar surface area (TPSA) is 89.9 Å². The van der Waals surface area contributed by atoms with E-state index in [1.165, 1.54) is 37.4 Å². The third-order valence-electron chi connectivity index (χ3n) is 3.87. The summed E-state index contributed by atoms with van der Waals surface area (Å²) in [5, 5.41) is 14.3. The van der Waals surface area contributed by atoms with Crippen LogP contribution in [0.5, 0.6) is 5.75 Å². The van der Waals surface area contributed by atoms with Crippen molar-refractivity contribution in [3.05, 3.63) is 75.3 Å². The third-order valence-corrected chi connectivity index (χ3v) is 3.87. The lowest BCUT2D eigenvalue weighted by molar-refractivity contribution is -0.384. The maximum atomic E-state index is 13.6. The fourth-order valence-electron chi connectivity index (χ4n) is 2.43. The van der Waals surface area contributed by atoms with E-state index in [2.05, 4.69) is 5.10 Å². The number of nitro groups is 1. The van der Waals surface area contributed by atoms with Crippen LogP contribution in [-0.4, -0.2) is 18.2 Å². The van der Waals surface area contributed by atoms with Gasteiger partial charge in [0.1, 0.15) is 23.0 Å². The Bertz CT molecular complexity index is 1130. The minimum Gasteiger partial charge on any atom is -0.496 e. The summed E-state index contributed by atoms with van der Waals surface area (Å²) in [6.07, 6.45) is 0.930. The highest BCUT2D eigenvalue weighted by Crippen LogP contribution is 2.34. The Morgan fingerprint density at radius 1 is 1.03 bits per heavy atom. The van der Waals surface area contributed by atoms with Gasteiger partial charge in [-0.05, 0) is 18.2 Å². The number of rotatable bonds is 6. The van der Waals surface area contributed by atoms with E-state index in [9.17, 15) is 32.1 Å². The zero-order valence-corrected chi connectivity index (χ0v) is 14.9. The zero-order chi connectivity index (χ0) is 22.0. The van der Waals surface area contributed by atoms with Gasteiger partial charge in [0, 0.05) is 6.07 Å². The van der Waals surface area contributed by atoms with E-state index in [4.69, 9.17) is 9.15 Å². The Labute approximate surface area is 164 Å². The van der Waals surface area contributed by atoms with Crippen molar-refractivity contribution < 1.29 is 36.0 Å². The van der Waals surface area contributed by atoms with Gasteiger partial charge < -0.3 is 9.15 Å². The number of hydrogen-bond acceptors (Lipinski definition) is 6. The van der Waals surface area contributed by atoms with Crippen LogP contribution < -0.4 is 10.2 Å². The van der Waals surface area contributed by atoms with Crippen LogP contribution in [0.3, 0.4) is 0 Å². The summed E-state index contributed by atoms with van der Waals surface area (Å²) < 4.78 is 77.1. The molecule has 1 heterocycles. The number of hydrogen-bond donors (Lipinski definition) is 1. The van der Waals surface area contributed by atoms with Gasteiger partial charge in [0.15, 0.2) is 23.3 Å². The standard InChI is InChI=1S/C18H10F5N3O4/c1-29-12-6-8(26(27)28)2-4-10(12)11-5-3-9(30-11)7-24-25-18-16(22)14(20)13(19)15(21)17(18)23/h2-7,25H,1H3/b24-7+. The first-order valence-corrected chi connectivity index (χ1v) is 7.97. The van der Waals surface area contributed by atoms with Crippen LogP contribution in [0.25, 0.3) is 11.3 Å². The summed E-state index contributed by atoms with van der Waals surface area (Å²) in [5.74, 6) is -10.2. The van der Waals surface area contributed by atoms with Gasteiger partial charge in [-0.15, -0.1) is 0 Å². The molecule has 0 unspecified atom stereocenters. The van der Waals surface area contributed by atoms with Crippen molar-refractivity contribution in [1.82, 2.24) is 0 Å². The fourth-order valence-corrected chi connectivity index (χ4v) is 2.43. The lowest BCUT2D eigenvalue weighted by Crippen LogP contribution is -2.06. The average Bonchev–Trinajstić information content (AvgIpc) is 3.21. The summed E-state index contributed by atoms with van der Waals surface area (Å²) >= 11 is 0. The number of nitrogens with zero attached hydrogens (tertiary/aromatic N) is 2. The van der Waals surface area contributed by atoms with Crippen LogP contribution in [0.15, 0.2) is 39.9 Å². The molecule has 2 aromatic carbocycles. The Morgan fingerprint density at radius 3 is 2.27 bits per heavy atom. The summed E-state index contributed by atoms with van der Waals surface area (Å²) in [6.45, 7) is 0.